The van der Waals surface area contributed by atoms with Gasteiger partial charge in [0.25, 0.3) is 0 Å². The van der Waals surface area contributed by atoms with Gasteiger partial charge in [-0.25, -0.2) is 4.98 Å². The molecule has 0 radical (unpaired) electrons. The standard InChI is InChI=1S/C17H23N3O/c1-6-15-19-16(18-5)10-17(20-15)21-13-7-8-14(11(2)3)12(4)9-13/h7-11H,6H2,1-5H3,(H,18,19,20). The summed E-state index contributed by atoms with van der Waals surface area (Å²) in [7, 11) is 1.84. The van der Waals surface area contributed by atoms with E-state index in [9.17, 15) is 0 Å². The Morgan fingerprint density at radius 2 is 1.95 bits per heavy atom. The van der Waals surface area contributed by atoms with Gasteiger partial charge in [-0.3, -0.25) is 0 Å². The third-order valence-corrected chi connectivity index (χ3v) is 3.41. The van der Waals surface area contributed by atoms with Crippen molar-refractivity contribution in [2.24, 2.45) is 0 Å². The molecule has 0 aliphatic rings. The average Bonchev–Trinajstić information content (AvgIpc) is 2.46. The number of hydrogen-bond donors (Lipinski definition) is 1. The molecule has 0 amide bonds. The second-order valence-corrected chi connectivity index (χ2v) is 5.39. The molecular weight excluding hydrogens is 262 g/mol. The normalized spacial score (nSPS) is 10.8. The average molecular weight is 285 g/mol. The fraction of sp³-hybridized carbons (Fsp3) is 0.412. The monoisotopic (exact) mass is 285 g/mol. The number of hydrogen-bond acceptors (Lipinski definition) is 4. The van der Waals surface area contributed by atoms with E-state index in [0.29, 0.717) is 11.8 Å². The SMILES string of the molecule is CCc1nc(NC)cc(Oc2ccc(C(C)C)c(C)c2)n1. The summed E-state index contributed by atoms with van der Waals surface area (Å²) in [5.41, 5.74) is 2.58. The van der Waals surface area contributed by atoms with Gasteiger partial charge in [0.15, 0.2) is 0 Å². The number of anilines is 1. The Morgan fingerprint density at radius 1 is 1.19 bits per heavy atom. The maximum absolute atomic E-state index is 5.89. The van der Waals surface area contributed by atoms with Crippen LogP contribution in [0.2, 0.25) is 0 Å². The van der Waals surface area contributed by atoms with Gasteiger partial charge in [0.2, 0.25) is 5.88 Å². The van der Waals surface area contributed by atoms with E-state index in [-0.39, 0.29) is 0 Å². The number of nitrogens with zero attached hydrogens (tertiary/aromatic N) is 2. The van der Waals surface area contributed by atoms with Gasteiger partial charge in [-0.15, -0.1) is 0 Å². The Kier molecular flexibility index (Phi) is 4.78. The molecule has 0 aliphatic carbocycles. The highest BCUT2D eigenvalue weighted by molar-refractivity contribution is 5.41. The van der Waals surface area contributed by atoms with E-state index in [1.165, 1.54) is 11.1 Å². The van der Waals surface area contributed by atoms with E-state index < -0.39 is 0 Å². The first kappa shape index (κ1) is 15.3. The lowest BCUT2D eigenvalue weighted by molar-refractivity contribution is 0.458. The molecule has 1 heterocycles. The molecule has 1 aromatic carbocycles. The first-order valence-electron chi connectivity index (χ1n) is 7.37. The number of rotatable bonds is 5. The van der Waals surface area contributed by atoms with Crippen molar-refractivity contribution in [3.63, 3.8) is 0 Å². The summed E-state index contributed by atoms with van der Waals surface area (Å²) in [5, 5.41) is 3.03. The van der Waals surface area contributed by atoms with Crippen LogP contribution in [-0.4, -0.2) is 17.0 Å². The van der Waals surface area contributed by atoms with Gasteiger partial charge in [0.1, 0.15) is 17.4 Å². The van der Waals surface area contributed by atoms with Gasteiger partial charge in [-0.1, -0.05) is 26.8 Å². The van der Waals surface area contributed by atoms with Crippen LogP contribution in [0.4, 0.5) is 5.82 Å². The molecule has 1 aromatic heterocycles. The lowest BCUT2D eigenvalue weighted by Crippen LogP contribution is -2.01. The summed E-state index contributed by atoms with van der Waals surface area (Å²) < 4.78 is 5.89. The minimum absolute atomic E-state index is 0.515. The number of ether oxygens (including phenoxy) is 1. The molecular formula is C17H23N3O. The maximum atomic E-state index is 5.89. The van der Waals surface area contributed by atoms with Crippen LogP contribution in [0.5, 0.6) is 11.6 Å². The second-order valence-electron chi connectivity index (χ2n) is 5.39. The summed E-state index contributed by atoms with van der Waals surface area (Å²) in [4.78, 5) is 8.77. The molecule has 0 spiro atoms. The number of nitrogens with one attached hydrogen (secondary N) is 1. The molecule has 1 N–H and O–H groups in total. The predicted octanol–water partition coefficient (Wildman–Crippen LogP) is 4.30. The molecule has 2 rings (SSSR count). The molecule has 4 heteroatoms. The van der Waals surface area contributed by atoms with Gasteiger partial charge >= 0.3 is 0 Å². The molecule has 0 unspecified atom stereocenters. The molecule has 0 saturated carbocycles. The number of aromatic nitrogens is 2. The van der Waals surface area contributed by atoms with Gasteiger partial charge in [-0.05, 0) is 36.1 Å². The lowest BCUT2D eigenvalue weighted by Gasteiger charge is -2.12. The van der Waals surface area contributed by atoms with Crippen molar-refractivity contribution < 1.29 is 4.74 Å². The van der Waals surface area contributed by atoms with E-state index in [2.05, 4.69) is 48.2 Å². The summed E-state index contributed by atoms with van der Waals surface area (Å²) in [6.45, 7) is 8.53. The molecule has 0 fully saturated rings. The summed E-state index contributed by atoms with van der Waals surface area (Å²) in [6, 6.07) is 7.98. The highest BCUT2D eigenvalue weighted by Gasteiger charge is 2.08. The smallest absolute Gasteiger partial charge is 0.224 e. The summed E-state index contributed by atoms with van der Waals surface area (Å²) in [5.74, 6) is 3.43. The minimum Gasteiger partial charge on any atom is -0.439 e. The van der Waals surface area contributed by atoms with Crippen LogP contribution in [0, 0.1) is 6.92 Å². The van der Waals surface area contributed by atoms with Gasteiger partial charge < -0.3 is 10.1 Å². The largest absolute Gasteiger partial charge is 0.439 e. The molecule has 0 atom stereocenters. The van der Waals surface area contributed by atoms with Crippen LogP contribution in [0.3, 0.4) is 0 Å². The van der Waals surface area contributed by atoms with Crippen molar-refractivity contribution in [2.45, 2.75) is 40.0 Å². The fourth-order valence-electron chi connectivity index (χ4n) is 2.29. The zero-order valence-corrected chi connectivity index (χ0v) is 13.4. The topological polar surface area (TPSA) is 47.0 Å². The van der Waals surface area contributed by atoms with Crippen LogP contribution in [-0.2, 0) is 6.42 Å². The second kappa shape index (κ2) is 6.57. The zero-order chi connectivity index (χ0) is 15.4. The van der Waals surface area contributed by atoms with Gasteiger partial charge in [0, 0.05) is 19.5 Å². The lowest BCUT2D eigenvalue weighted by atomic mass is 9.98. The Bertz CT molecular complexity index is 601. The van der Waals surface area contributed by atoms with Crippen LogP contribution in [0.15, 0.2) is 24.3 Å². The molecule has 0 saturated heterocycles. The molecule has 4 nitrogen and oxygen atoms in total. The summed E-state index contributed by atoms with van der Waals surface area (Å²) in [6.07, 6.45) is 0.775. The highest BCUT2D eigenvalue weighted by atomic mass is 16.5. The van der Waals surface area contributed by atoms with E-state index in [1.54, 1.807) is 0 Å². The van der Waals surface area contributed by atoms with Crippen molar-refractivity contribution in [2.75, 3.05) is 12.4 Å². The van der Waals surface area contributed by atoms with Crippen molar-refractivity contribution in [3.8, 4) is 11.6 Å². The van der Waals surface area contributed by atoms with Gasteiger partial charge in [-0.2, -0.15) is 4.98 Å². The Hall–Kier alpha value is -2.10. The first-order chi connectivity index (χ1) is 10.0. The van der Waals surface area contributed by atoms with Gasteiger partial charge in [0.05, 0.1) is 0 Å². The van der Waals surface area contributed by atoms with E-state index in [1.807, 2.05) is 26.1 Å². The molecule has 0 bridgehead atoms. The Morgan fingerprint density at radius 3 is 2.52 bits per heavy atom. The molecule has 112 valence electrons. The number of aryl methyl sites for hydroxylation is 2. The number of benzene rings is 1. The first-order valence-corrected chi connectivity index (χ1v) is 7.37. The predicted molar refractivity (Wildman–Crippen MR) is 86.3 cm³/mol. The third kappa shape index (κ3) is 3.72. The van der Waals surface area contributed by atoms with E-state index >= 15 is 0 Å². The molecule has 21 heavy (non-hydrogen) atoms. The molecule has 0 aliphatic heterocycles. The van der Waals surface area contributed by atoms with Crippen LogP contribution in [0.1, 0.15) is 43.6 Å². The fourth-order valence-corrected chi connectivity index (χ4v) is 2.29. The Labute approximate surface area is 126 Å². The van der Waals surface area contributed by atoms with Crippen molar-refractivity contribution in [1.82, 2.24) is 9.97 Å². The Balaban J connectivity index is 2.27. The third-order valence-electron chi connectivity index (χ3n) is 3.41. The maximum Gasteiger partial charge on any atom is 0.224 e. The van der Waals surface area contributed by atoms with Crippen molar-refractivity contribution in [3.05, 3.63) is 41.2 Å². The summed E-state index contributed by atoms with van der Waals surface area (Å²) >= 11 is 0. The van der Waals surface area contributed by atoms with E-state index in [4.69, 9.17) is 4.74 Å². The van der Waals surface area contributed by atoms with Crippen molar-refractivity contribution >= 4 is 5.82 Å². The van der Waals surface area contributed by atoms with Crippen molar-refractivity contribution in [1.29, 1.82) is 0 Å². The van der Waals surface area contributed by atoms with Crippen LogP contribution in [0.25, 0.3) is 0 Å². The quantitative estimate of drug-likeness (QED) is 0.889. The highest BCUT2D eigenvalue weighted by Crippen LogP contribution is 2.27. The zero-order valence-electron chi connectivity index (χ0n) is 13.4. The van der Waals surface area contributed by atoms with Crippen LogP contribution >= 0.6 is 0 Å². The van der Waals surface area contributed by atoms with Crippen LogP contribution < -0.4 is 10.1 Å². The van der Waals surface area contributed by atoms with E-state index in [0.717, 1.165) is 23.8 Å². The minimum atomic E-state index is 0.515. The molecule has 2 aromatic rings.